The molecule has 1 aliphatic heterocycles. The Kier molecular flexibility index (Phi) is 6.03. The van der Waals surface area contributed by atoms with Crippen molar-refractivity contribution in [1.29, 1.82) is 0 Å². The van der Waals surface area contributed by atoms with Crippen molar-refractivity contribution >= 4 is 18.3 Å². The average Bonchev–Trinajstić information content (AvgIpc) is 2.39. The zero-order valence-corrected chi connectivity index (χ0v) is 13.4. The van der Waals surface area contributed by atoms with Gasteiger partial charge < -0.3 is 10.2 Å². The Bertz CT molecular complexity index is 433. The standard InChI is InChI=1S/C16H24N2O.ClH/c1-13-12-17-9-10-18(13)15(19)11-16(2,3)14-7-5-4-6-8-14;/h4-8,13,17H,9-12H2,1-3H3;1H/t13-;/m0./s1. The van der Waals surface area contributed by atoms with Gasteiger partial charge in [0.2, 0.25) is 5.91 Å². The van der Waals surface area contributed by atoms with Crippen LogP contribution in [0.3, 0.4) is 0 Å². The number of nitrogens with one attached hydrogen (secondary N) is 1. The van der Waals surface area contributed by atoms with Crippen molar-refractivity contribution in [3.8, 4) is 0 Å². The summed E-state index contributed by atoms with van der Waals surface area (Å²) in [6.45, 7) is 9.03. The summed E-state index contributed by atoms with van der Waals surface area (Å²) in [6.07, 6.45) is 0.571. The van der Waals surface area contributed by atoms with Crippen LogP contribution in [0.1, 0.15) is 32.8 Å². The van der Waals surface area contributed by atoms with Gasteiger partial charge in [0.1, 0.15) is 0 Å². The van der Waals surface area contributed by atoms with Crippen LogP contribution >= 0.6 is 12.4 Å². The highest BCUT2D eigenvalue weighted by Crippen LogP contribution is 2.28. The molecule has 20 heavy (non-hydrogen) atoms. The number of nitrogens with zero attached hydrogens (tertiary/aromatic N) is 1. The highest BCUT2D eigenvalue weighted by Gasteiger charge is 2.29. The number of piperazine rings is 1. The van der Waals surface area contributed by atoms with Crippen molar-refractivity contribution < 1.29 is 4.79 Å². The van der Waals surface area contributed by atoms with Gasteiger partial charge in [-0.3, -0.25) is 4.79 Å². The third-order valence-corrected chi connectivity index (χ3v) is 3.97. The zero-order valence-electron chi connectivity index (χ0n) is 12.6. The normalized spacial score (nSPS) is 19.4. The summed E-state index contributed by atoms with van der Waals surface area (Å²) >= 11 is 0. The molecule has 1 heterocycles. The summed E-state index contributed by atoms with van der Waals surface area (Å²) in [6, 6.07) is 10.6. The van der Waals surface area contributed by atoms with Crippen LogP contribution in [0.2, 0.25) is 0 Å². The van der Waals surface area contributed by atoms with E-state index in [0.717, 1.165) is 19.6 Å². The predicted octanol–water partition coefficient (Wildman–Crippen LogP) is 2.60. The summed E-state index contributed by atoms with van der Waals surface area (Å²) < 4.78 is 0. The molecule has 0 unspecified atom stereocenters. The van der Waals surface area contributed by atoms with E-state index in [2.05, 4.69) is 38.2 Å². The summed E-state index contributed by atoms with van der Waals surface area (Å²) in [5.74, 6) is 0.267. The van der Waals surface area contributed by atoms with Crippen molar-refractivity contribution in [1.82, 2.24) is 10.2 Å². The second kappa shape index (κ2) is 7.09. The summed E-state index contributed by atoms with van der Waals surface area (Å²) in [5.41, 5.74) is 1.12. The molecule has 2 rings (SSSR count). The molecule has 0 saturated carbocycles. The Morgan fingerprint density at radius 2 is 2.00 bits per heavy atom. The first-order chi connectivity index (χ1) is 9.00. The van der Waals surface area contributed by atoms with Gasteiger partial charge in [0.05, 0.1) is 0 Å². The maximum absolute atomic E-state index is 12.5. The number of hydrogen-bond acceptors (Lipinski definition) is 2. The van der Waals surface area contributed by atoms with Crippen LogP contribution in [-0.2, 0) is 10.2 Å². The summed E-state index contributed by atoms with van der Waals surface area (Å²) in [5, 5.41) is 3.32. The minimum absolute atomic E-state index is 0. The second-order valence-corrected chi connectivity index (χ2v) is 6.07. The number of carbonyl (C=O) groups excluding carboxylic acids is 1. The molecule has 4 heteroatoms. The van der Waals surface area contributed by atoms with Gasteiger partial charge in [-0.05, 0) is 17.9 Å². The van der Waals surface area contributed by atoms with Gasteiger partial charge in [0.15, 0.2) is 0 Å². The molecule has 1 aliphatic rings. The SMILES string of the molecule is C[C@H]1CNCCN1C(=O)CC(C)(C)c1ccccc1.Cl. The number of halogens is 1. The fourth-order valence-corrected chi connectivity index (χ4v) is 2.68. The third kappa shape index (κ3) is 3.97. The first kappa shape index (κ1) is 17.0. The number of amides is 1. The number of benzene rings is 1. The topological polar surface area (TPSA) is 32.3 Å². The lowest BCUT2D eigenvalue weighted by molar-refractivity contribution is -0.135. The fourth-order valence-electron chi connectivity index (χ4n) is 2.68. The maximum atomic E-state index is 12.5. The Labute approximate surface area is 128 Å². The molecule has 3 nitrogen and oxygen atoms in total. The maximum Gasteiger partial charge on any atom is 0.223 e. The van der Waals surface area contributed by atoms with Gasteiger partial charge in [0, 0.05) is 32.1 Å². The minimum atomic E-state index is -0.108. The molecule has 0 radical (unpaired) electrons. The second-order valence-electron chi connectivity index (χ2n) is 6.07. The van der Waals surface area contributed by atoms with Crippen LogP contribution in [0.25, 0.3) is 0 Å². The molecule has 0 aliphatic carbocycles. The fraction of sp³-hybridized carbons (Fsp3) is 0.562. The monoisotopic (exact) mass is 296 g/mol. The van der Waals surface area contributed by atoms with E-state index in [4.69, 9.17) is 0 Å². The first-order valence-corrected chi connectivity index (χ1v) is 7.06. The highest BCUT2D eigenvalue weighted by molar-refractivity contribution is 5.85. The van der Waals surface area contributed by atoms with E-state index < -0.39 is 0 Å². The number of carbonyl (C=O) groups is 1. The largest absolute Gasteiger partial charge is 0.337 e. The van der Waals surface area contributed by atoms with Crippen molar-refractivity contribution in [3.63, 3.8) is 0 Å². The van der Waals surface area contributed by atoms with Gasteiger partial charge in [-0.2, -0.15) is 0 Å². The van der Waals surface area contributed by atoms with E-state index in [9.17, 15) is 4.79 Å². The van der Waals surface area contributed by atoms with Gasteiger partial charge in [-0.15, -0.1) is 12.4 Å². The summed E-state index contributed by atoms with van der Waals surface area (Å²) in [7, 11) is 0. The molecule has 112 valence electrons. The van der Waals surface area contributed by atoms with E-state index in [1.54, 1.807) is 0 Å². The minimum Gasteiger partial charge on any atom is -0.337 e. The van der Waals surface area contributed by atoms with Gasteiger partial charge >= 0.3 is 0 Å². The highest BCUT2D eigenvalue weighted by atomic mass is 35.5. The van der Waals surface area contributed by atoms with E-state index in [1.165, 1.54) is 5.56 Å². The molecule has 1 amide bonds. The summed E-state index contributed by atoms with van der Waals surface area (Å²) in [4.78, 5) is 14.5. The average molecular weight is 297 g/mol. The molecule has 1 aromatic carbocycles. The van der Waals surface area contributed by atoms with Gasteiger partial charge in [-0.25, -0.2) is 0 Å². The molecular formula is C16H25ClN2O. The van der Waals surface area contributed by atoms with E-state index >= 15 is 0 Å². The molecule has 1 saturated heterocycles. The van der Waals surface area contributed by atoms with Crippen molar-refractivity contribution in [3.05, 3.63) is 35.9 Å². The van der Waals surface area contributed by atoms with Crippen LogP contribution in [0, 0.1) is 0 Å². The third-order valence-electron chi connectivity index (χ3n) is 3.97. The molecule has 1 fully saturated rings. The lowest BCUT2D eigenvalue weighted by Gasteiger charge is -2.36. The van der Waals surface area contributed by atoms with Crippen LogP contribution in [0.4, 0.5) is 0 Å². The van der Waals surface area contributed by atoms with Crippen molar-refractivity contribution in [2.24, 2.45) is 0 Å². The number of rotatable bonds is 3. The molecule has 1 aromatic rings. The van der Waals surface area contributed by atoms with Crippen molar-refractivity contribution in [2.45, 2.75) is 38.6 Å². The van der Waals surface area contributed by atoms with Crippen LogP contribution < -0.4 is 5.32 Å². The van der Waals surface area contributed by atoms with Gasteiger partial charge in [0.25, 0.3) is 0 Å². The lowest BCUT2D eigenvalue weighted by atomic mass is 9.81. The smallest absolute Gasteiger partial charge is 0.223 e. The molecule has 0 aromatic heterocycles. The Morgan fingerprint density at radius 3 is 2.60 bits per heavy atom. The molecule has 1 atom stereocenters. The quantitative estimate of drug-likeness (QED) is 0.930. The number of hydrogen-bond donors (Lipinski definition) is 1. The molecule has 0 bridgehead atoms. The van der Waals surface area contributed by atoms with E-state index in [0.29, 0.717) is 12.5 Å². The van der Waals surface area contributed by atoms with Crippen molar-refractivity contribution in [2.75, 3.05) is 19.6 Å². The Morgan fingerprint density at radius 1 is 1.35 bits per heavy atom. The molecule has 0 spiro atoms. The van der Waals surface area contributed by atoms with Gasteiger partial charge in [-0.1, -0.05) is 44.2 Å². The first-order valence-electron chi connectivity index (χ1n) is 7.06. The Balaban J connectivity index is 0.00000200. The van der Waals surface area contributed by atoms with E-state index in [-0.39, 0.29) is 23.7 Å². The zero-order chi connectivity index (χ0) is 13.9. The lowest BCUT2D eigenvalue weighted by Crippen LogP contribution is -2.53. The van der Waals surface area contributed by atoms with Crippen LogP contribution in [-0.4, -0.2) is 36.5 Å². The van der Waals surface area contributed by atoms with E-state index in [1.807, 2.05) is 23.1 Å². The molecular weight excluding hydrogens is 272 g/mol. The Hall–Kier alpha value is -1.06. The van der Waals surface area contributed by atoms with Crippen LogP contribution in [0.15, 0.2) is 30.3 Å². The predicted molar refractivity (Wildman–Crippen MR) is 85.4 cm³/mol. The molecule has 1 N–H and O–H groups in total. The van der Waals surface area contributed by atoms with Crippen LogP contribution in [0.5, 0.6) is 0 Å².